The van der Waals surface area contributed by atoms with Gasteiger partial charge in [0.05, 0.1) is 12.5 Å². The van der Waals surface area contributed by atoms with Gasteiger partial charge < -0.3 is 13.9 Å². The molecule has 1 aromatic carbocycles. The van der Waals surface area contributed by atoms with Gasteiger partial charge in [-0.1, -0.05) is 0 Å². The van der Waals surface area contributed by atoms with E-state index in [1.807, 2.05) is 0 Å². The van der Waals surface area contributed by atoms with Crippen LogP contribution >= 0.6 is 0 Å². The highest BCUT2D eigenvalue weighted by Gasteiger charge is 2.31. The zero-order valence-corrected chi connectivity index (χ0v) is 12.3. The first-order valence-electron chi connectivity index (χ1n) is 7.88. The maximum atomic E-state index is 12.7. The molecule has 5 rings (SSSR count). The summed E-state index contributed by atoms with van der Waals surface area (Å²) in [4.78, 5) is 25.3. The predicted molar refractivity (Wildman–Crippen MR) is 84.1 cm³/mol. The van der Waals surface area contributed by atoms with Crippen LogP contribution in [0.15, 0.2) is 37.0 Å². The van der Waals surface area contributed by atoms with Gasteiger partial charge in [0.25, 0.3) is 0 Å². The molecule has 2 heterocycles. The summed E-state index contributed by atoms with van der Waals surface area (Å²) in [6.45, 7) is 0. The summed E-state index contributed by atoms with van der Waals surface area (Å²) in [5.74, 6) is 0.102. The number of hydrogen-bond donors (Lipinski definition) is 1. The van der Waals surface area contributed by atoms with E-state index in [4.69, 9.17) is 8.83 Å². The monoisotopic (exact) mass is 310 g/mol. The molecule has 0 bridgehead atoms. The number of fused-ring (bicyclic) bond motifs is 2. The van der Waals surface area contributed by atoms with Gasteiger partial charge in [0.2, 0.25) is 0 Å². The molecular formula is C18H14O5. The fourth-order valence-electron chi connectivity index (χ4n) is 3.25. The van der Waals surface area contributed by atoms with Crippen molar-refractivity contribution < 1.29 is 13.9 Å². The molecule has 0 aliphatic heterocycles. The van der Waals surface area contributed by atoms with E-state index in [1.54, 1.807) is 0 Å². The second-order valence-electron chi connectivity index (χ2n) is 6.56. The minimum Gasteiger partial charge on any atom is -0.506 e. The first-order chi connectivity index (χ1) is 11.1. The molecule has 2 fully saturated rings. The molecule has 0 radical (unpaired) electrons. The van der Waals surface area contributed by atoms with E-state index < -0.39 is 0 Å². The van der Waals surface area contributed by atoms with Crippen molar-refractivity contribution in [2.24, 2.45) is 0 Å². The molecule has 5 nitrogen and oxygen atoms in total. The van der Waals surface area contributed by atoms with Gasteiger partial charge in [-0.25, -0.2) is 0 Å². The SMILES string of the molecule is O=c1c(C2CC2)coc2cc3occ(C4CC4)c(=O)c3c(O)c12. The van der Waals surface area contributed by atoms with Gasteiger partial charge in [-0.3, -0.25) is 9.59 Å². The van der Waals surface area contributed by atoms with E-state index in [9.17, 15) is 14.7 Å². The van der Waals surface area contributed by atoms with Crippen molar-refractivity contribution in [2.45, 2.75) is 37.5 Å². The smallest absolute Gasteiger partial charge is 0.199 e. The van der Waals surface area contributed by atoms with Gasteiger partial charge in [-0.15, -0.1) is 0 Å². The number of benzene rings is 1. The van der Waals surface area contributed by atoms with Gasteiger partial charge >= 0.3 is 0 Å². The van der Waals surface area contributed by atoms with E-state index in [0.29, 0.717) is 11.1 Å². The lowest BCUT2D eigenvalue weighted by Crippen LogP contribution is -2.11. The molecular weight excluding hydrogens is 296 g/mol. The summed E-state index contributed by atoms with van der Waals surface area (Å²) in [6, 6.07) is 1.51. The molecule has 1 N–H and O–H groups in total. The van der Waals surface area contributed by atoms with Crippen LogP contribution in [0.25, 0.3) is 21.9 Å². The predicted octanol–water partition coefficient (Wildman–Crippen LogP) is 3.36. The molecule has 0 spiro atoms. The second kappa shape index (κ2) is 4.25. The zero-order valence-electron chi connectivity index (χ0n) is 12.3. The van der Waals surface area contributed by atoms with Crippen LogP contribution in [0.1, 0.15) is 48.6 Å². The van der Waals surface area contributed by atoms with Crippen LogP contribution in [0.4, 0.5) is 0 Å². The Morgan fingerprint density at radius 3 is 1.65 bits per heavy atom. The topological polar surface area (TPSA) is 80.7 Å². The Kier molecular flexibility index (Phi) is 2.39. The average molecular weight is 310 g/mol. The standard InChI is InChI=1S/C18H14O5/c19-16-10(8-1-2-8)6-22-12-5-13-15(18(21)14(12)16)17(20)11(7-23-13)9-3-4-9/h5-9,21H,1-4H2. The Bertz CT molecular complexity index is 996. The molecule has 0 amide bonds. The highest BCUT2D eigenvalue weighted by Crippen LogP contribution is 2.42. The lowest BCUT2D eigenvalue weighted by Gasteiger charge is -2.07. The van der Waals surface area contributed by atoms with Crippen molar-refractivity contribution in [3.8, 4) is 5.75 Å². The van der Waals surface area contributed by atoms with Gasteiger partial charge in [-0.2, -0.15) is 0 Å². The van der Waals surface area contributed by atoms with E-state index in [-0.39, 0.29) is 50.4 Å². The Morgan fingerprint density at radius 2 is 1.26 bits per heavy atom. The molecule has 0 saturated heterocycles. The molecule has 2 saturated carbocycles. The normalized spacial score (nSPS) is 17.9. The third-order valence-corrected chi connectivity index (χ3v) is 4.87. The minimum absolute atomic E-state index is 0.0853. The van der Waals surface area contributed by atoms with E-state index in [2.05, 4.69) is 0 Å². The summed E-state index contributed by atoms with van der Waals surface area (Å²) in [5.41, 5.74) is 1.15. The number of phenols is 1. The van der Waals surface area contributed by atoms with Crippen LogP contribution in [-0.4, -0.2) is 5.11 Å². The molecule has 116 valence electrons. The van der Waals surface area contributed by atoms with Gasteiger partial charge in [0.1, 0.15) is 27.7 Å². The number of aromatic hydroxyl groups is 1. The van der Waals surface area contributed by atoms with E-state index in [0.717, 1.165) is 25.7 Å². The molecule has 2 aromatic heterocycles. The maximum Gasteiger partial charge on any atom is 0.199 e. The van der Waals surface area contributed by atoms with Crippen LogP contribution in [0.3, 0.4) is 0 Å². The van der Waals surface area contributed by atoms with E-state index in [1.165, 1.54) is 18.6 Å². The maximum absolute atomic E-state index is 12.7. The van der Waals surface area contributed by atoms with Crippen molar-refractivity contribution in [3.05, 3.63) is 50.2 Å². The third-order valence-electron chi connectivity index (χ3n) is 4.87. The second-order valence-corrected chi connectivity index (χ2v) is 6.56. The highest BCUT2D eigenvalue weighted by molar-refractivity contribution is 6.00. The summed E-state index contributed by atoms with van der Waals surface area (Å²) < 4.78 is 11.0. The van der Waals surface area contributed by atoms with Crippen LogP contribution in [0.2, 0.25) is 0 Å². The van der Waals surface area contributed by atoms with Crippen LogP contribution < -0.4 is 10.9 Å². The number of hydrogen-bond acceptors (Lipinski definition) is 5. The average Bonchev–Trinajstić information content (AvgIpc) is 3.40. The fraction of sp³-hybridized carbons (Fsp3) is 0.333. The molecule has 0 unspecified atom stereocenters. The quantitative estimate of drug-likeness (QED) is 0.734. The first kappa shape index (κ1) is 12.9. The Labute approximate surface area is 130 Å². The van der Waals surface area contributed by atoms with Crippen molar-refractivity contribution in [1.82, 2.24) is 0 Å². The van der Waals surface area contributed by atoms with E-state index >= 15 is 0 Å². The van der Waals surface area contributed by atoms with Crippen LogP contribution in [-0.2, 0) is 0 Å². The lowest BCUT2D eigenvalue weighted by atomic mass is 10.0. The van der Waals surface area contributed by atoms with Crippen molar-refractivity contribution in [2.75, 3.05) is 0 Å². The van der Waals surface area contributed by atoms with Crippen molar-refractivity contribution in [3.63, 3.8) is 0 Å². The summed E-state index contributed by atoms with van der Waals surface area (Å²) in [5, 5.41) is 10.8. The van der Waals surface area contributed by atoms with Crippen LogP contribution in [0, 0.1) is 0 Å². The zero-order chi connectivity index (χ0) is 15.7. The van der Waals surface area contributed by atoms with Gasteiger partial charge in [-0.05, 0) is 37.5 Å². The largest absolute Gasteiger partial charge is 0.506 e. The fourth-order valence-corrected chi connectivity index (χ4v) is 3.25. The van der Waals surface area contributed by atoms with Crippen LogP contribution in [0.5, 0.6) is 5.75 Å². The third kappa shape index (κ3) is 1.79. The Morgan fingerprint density at radius 1 is 0.826 bits per heavy atom. The molecule has 23 heavy (non-hydrogen) atoms. The number of phenolic OH excluding ortho intramolecular Hbond substituents is 1. The highest BCUT2D eigenvalue weighted by atomic mass is 16.3. The lowest BCUT2D eigenvalue weighted by molar-refractivity contribution is 0.482. The summed E-state index contributed by atoms with van der Waals surface area (Å²) in [7, 11) is 0. The van der Waals surface area contributed by atoms with Gasteiger partial charge in [0, 0.05) is 17.2 Å². The Hall–Kier alpha value is -2.56. The Balaban J connectivity index is 1.92. The van der Waals surface area contributed by atoms with Crippen molar-refractivity contribution in [1.29, 1.82) is 0 Å². The summed E-state index contributed by atoms with van der Waals surface area (Å²) >= 11 is 0. The molecule has 5 heteroatoms. The van der Waals surface area contributed by atoms with Crippen molar-refractivity contribution >= 4 is 21.9 Å². The minimum atomic E-state index is -0.315. The first-order valence-corrected chi connectivity index (χ1v) is 7.88. The molecule has 2 aliphatic rings. The number of rotatable bonds is 2. The molecule has 2 aliphatic carbocycles. The van der Waals surface area contributed by atoms with Gasteiger partial charge in [0.15, 0.2) is 10.9 Å². The molecule has 3 aromatic rings. The molecule has 0 atom stereocenters. The summed E-state index contributed by atoms with van der Waals surface area (Å²) in [6.07, 6.45) is 6.75.